The highest BCUT2D eigenvalue weighted by Gasteiger charge is 2.26. The summed E-state index contributed by atoms with van der Waals surface area (Å²) in [5, 5.41) is 6.80. The molecular formula is C21H23N3OS. The van der Waals surface area contributed by atoms with Crippen molar-refractivity contribution in [2.45, 2.75) is 26.7 Å². The molecule has 4 nitrogen and oxygen atoms in total. The lowest BCUT2D eigenvalue weighted by molar-refractivity contribution is 0.0688. The highest BCUT2D eigenvalue weighted by atomic mass is 32.1. The summed E-state index contributed by atoms with van der Waals surface area (Å²) < 4.78 is 1.80. The number of carbonyl (C=O) groups excluding carboxylic acids is 1. The fraction of sp³-hybridized carbons (Fsp3) is 0.333. The van der Waals surface area contributed by atoms with Crippen molar-refractivity contribution in [3.05, 3.63) is 59.1 Å². The van der Waals surface area contributed by atoms with Crippen molar-refractivity contribution in [2.24, 2.45) is 5.92 Å². The van der Waals surface area contributed by atoms with Crippen LogP contribution in [0.2, 0.25) is 0 Å². The van der Waals surface area contributed by atoms with Crippen molar-refractivity contribution in [2.75, 3.05) is 13.1 Å². The van der Waals surface area contributed by atoms with Gasteiger partial charge in [0.1, 0.15) is 11.4 Å². The standard InChI is InChI=1S/C21H23N3OS/c1-15-5-7-17(8-6-15)24-19(14-18(22-24)20-4-3-13-26-20)21(25)23-11-9-16(2)10-12-23/h3-8,13-14,16H,9-12H2,1-2H3. The lowest BCUT2D eigenvalue weighted by Crippen LogP contribution is -2.38. The van der Waals surface area contributed by atoms with E-state index in [-0.39, 0.29) is 5.91 Å². The van der Waals surface area contributed by atoms with Gasteiger partial charge in [-0.3, -0.25) is 4.79 Å². The lowest BCUT2D eigenvalue weighted by Gasteiger charge is -2.30. The van der Waals surface area contributed by atoms with Gasteiger partial charge in [0.15, 0.2) is 0 Å². The van der Waals surface area contributed by atoms with E-state index in [0.29, 0.717) is 11.6 Å². The zero-order chi connectivity index (χ0) is 18.1. The zero-order valence-corrected chi connectivity index (χ0v) is 16.0. The summed E-state index contributed by atoms with van der Waals surface area (Å²) in [4.78, 5) is 16.3. The van der Waals surface area contributed by atoms with Gasteiger partial charge in [-0.2, -0.15) is 5.10 Å². The minimum atomic E-state index is 0.0766. The van der Waals surface area contributed by atoms with Gasteiger partial charge in [0.25, 0.3) is 5.91 Å². The summed E-state index contributed by atoms with van der Waals surface area (Å²) >= 11 is 1.64. The van der Waals surface area contributed by atoms with Gasteiger partial charge in [-0.15, -0.1) is 11.3 Å². The molecular weight excluding hydrogens is 342 g/mol. The molecule has 134 valence electrons. The summed E-state index contributed by atoms with van der Waals surface area (Å²) in [6.07, 6.45) is 2.14. The normalized spacial score (nSPS) is 15.4. The van der Waals surface area contributed by atoms with E-state index in [2.05, 4.69) is 26.0 Å². The van der Waals surface area contributed by atoms with Gasteiger partial charge in [0.2, 0.25) is 0 Å². The maximum Gasteiger partial charge on any atom is 0.272 e. The predicted molar refractivity (Wildman–Crippen MR) is 106 cm³/mol. The van der Waals surface area contributed by atoms with Crippen LogP contribution in [0.1, 0.15) is 35.8 Å². The largest absolute Gasteiger partial charge is 0.337 e. The van der Waals surface area contributed by atoms with Crippen LogP contribution in [0.25, 0.3) is 16.3 Å². The van der Waals surface area contributed by atoms with Crippen molar-refractivity contribution in [1.82, 2.24) is 14.7 Å². The summed E-state index contributed by atoms with van der Waals surface area (Å²) in [7, 11) is 0. The molecule has 1 amide bonds. The van der Waals surface area contributed by atoms with Crippen LogP contribution in [0.4, 0.5) is 0 Å². The first-order valence-electron chi connectivity index (χ1n) is 9.12. The molecule has 0 saturated carbocycles. The number of carbonyl (C=O) groups is 1. The molecule has 3 aromatic rings. The molecule has 4 rings (SSSR count). The van der Waals surface area contributed by atoms with Gasteiger partial charge in [0.05, 0.1) is 10.6 Å². The SMILES string of the molecule is Cc1ccc(-n2nc(-c3cccs3)cc2C(=O)N2CCC(C)CC2)cc1. The van der Waals surface area contributed by atoms with Crippen molar-refractivity contribution >= 4 is 17.2 Å². The Labute approximate surface area is 158 Å². The highest BCUT2D eigenvalue weighted by molar-refractivity contribution is 7.13. The number of aryl methyl sites for hydroxylation is 1. The Morgan fingerprint density at radius 3 is 2.54 bits per heavy atom. The first kappa shape index (κ1) is 17.0. The van der Waals surface area contributed by atoms with Crippen molar-refractivity contribution in [3.63, 3.8) is 0 Å². The Hall–Kier alpha value is -2.40. The van der Waals surface area contributed by atoms with Crippen LogP contribution in [0.5, 0.6) is 0 Å². The van der Waals surface area contributed by atoms with Crippen LogP contribution >= 0.6 is 11.3 Å². The molecule has 0 atom stereocenters. The number of likely N-dealkylation sites (tertiary alicyclic amines) is 1. The monoisotopic (exact) mass is 365 g/mol. The van der Waals surface area contributed by atoms with Crippen LogP contribution in [0.3, 0.4) is 0 Å². The summed E-state index contributed by atoms with van der Waals surface area (Å²) in [5.74, 6) is 0.774. The Kier molecular flexibility index (Phi) is 4.64. The number of amides is 1. The smallest absolute Gasteiger partial charge is 0.272 e. The molecule has 0 radical (unpaired) electrons. The summed E-state index contributed by atoms with van der Waals surface area (Å²) in [5.41, 5.74) is 3.62. The van der Waals surface area contributed by atoms with Gasteiger partial charge in [-0.1, -0.05) is 30.7 Å². The van der Waals surface area contributed by atoms with Crippen molar-refractivity contribution < 1.29 is 4.79 Å². The molecule has 1 saturated heterocycles. The molecule has 2 aromatic heterocycles. The quantitative estimate of drug-likeness (QED) is 0.670. The van der Waals surface area contributed by atoms with Crippen molar-refractivity contribution in [3.8, 4) is 16.3 Å². The molecule has 0 bridgehead atoms. The van der Waals surface area contributed by atoms with Gasteiger partial charge in [0, 0.05) is 13.1 Å². The minimum absolute atomic E-state index is 0.0766. The number of rotatable bonds is 3. The summed E-state index contributed by atoms with van der Waals surface area (Å²) in [6.45, 7) is 5.97. The molecule has 5 heteroatoms. The number of piperidine rings is 1. The second kappa shape index (κ2) is 7.08. The van der Waals surface area contributed by atoms with E-state index in [1.807, 2.05) is 40.6 Å². The molecule has 3 heterocycles. The maximum atomic E-state index is 13.2. The van der Waals surface area contributed by atoms with E-state index in [0.717, 1.165) is 42.2 Å². The molecule has 1 aromatic carbocycles. The average Bonchev–Trinajstić information content (AvgIpc) is 3.32. The van der Waals surface area contributed by atoms with Crippen LogP contribution in [-0.2, 0) is 0 Å². The average molecular weight is 366 g/mol. The highest BCUT2D eigenvalue weighted by Crippen LogP contribution is 2.27. The van der Waals surface area contributed by atoms with Gasteiger partial charge >= 0.3 is 0 Å². The second-order valence-corrected chi connectivity index (χ2v) is 8.06. The van der Waals surface area contributed by atoms with Crippen LogP contribution < -0.4 is 0 Å². The molecule has 1 fully saturated rings. The summed E-state index contributed by atoms with van der Waals surface area (Å²) in [6, 6.07) is 14.1. The van der Waals surface area contributed by atoms with E-state index < -0.39 is 0 Å². The number of hydrogen-bond donors (Lipinski definition) is 0. The van der Waals surface area contributed by atoms with Gasteiger partial charge in [-0.25, -0.2) is 4.68 Å². The number of aromatic nitrogens is 2. The van der Waals surface area contributed by atoms with Crippen LogP contribution in [0.15, 0.2) is 47.8 Å². The second-order valence-electron chi connectivity index (χ2n) is 7.11. The molecule has 0 aliphatic carbocycles. The Morgan fingerprint density at radius 1 is 1.15 bits per heavy atom. The van der Waals surface area contributed by atoms with E-state index in [4.69, 9.17) is 5.10 Å². The topological polar surface area (TPSA) is 38.1 Å². The minimum Gasteiger partial charge on any atom is -0.337 e. The third-order valence-corrected chi connectivity index (χ3v) is 5.94. The number of benzene rings is 1. The van der Waals surface area contributed by atoms with E-state index in [9.17, 15) is 4.79 Å². The van der Waals surface area contributed by atoms with Crippen LogP contribution in [0, 0.1) is 12.8 Å². The van der Waals surface area contributed by atoms with Gasteiger partial charge in [-0.05, 0) is 55.3 Å². The molecule has 1 aliphatic heterocycles. The molecule has 26 heavy (non-hydrogen) atoms. The molecule has 0 unspecified atom stereocenters. The fourth-order valence-electron chi connectivity index (χ4n) is 3.33. The third-order valence-electron chi connectivity index (χ3n) is 5.05. The Balaban J connectivity index is 1.74. The first-order chi connectivity index (χ1) is 12.6. The fourth-order valence-corrected chi connectivity index (χ4v) is 4.02. The molecule has 1 aliphatic rings. The Bertz CT molecular complexity index is 888. The van der Waals surface area contributed by atoms with Crippen molar-refractivity contribution in [1.29, 1.82) is 0 Å². The van der Waals surface area contributed by atoms with Gasteiger partial charge < -0.3 is 4.90 Å². The number of nitrogens with zero attached hydrogens (tertiary/aromatic N) is 3. The Morgan fingerprint density at radius 2 is 1.88 bits per heavy atom. The lowest BCUT2D eigenvalue weighted by atomic mass is 9.99. The van der Waals surface area contributed by atoms with Crippen LogP contribution in [-0.4, -0.2) is 33.7 Å². The van der Waals surface area contributed by atoms with E-state index >= 15 is 0 Å². The zero-order valence-electron chi connectivity index (χ0n) is 15.2. The van der Waals surface area contributed by atoms with E-state index in [1.165, 1.54) is 5.56 Å². The van der Waals surface area contributed by atoms with E-state index in [1.54, 1.807) is 16.0 Å². The third kappa shape index (κ3) is 3.31. The molecule has 0 spiro atoms. The number of thiophene rings is 1. The molecule has 0 N–H and O–H groups in total. The number of hydrogen-bond acceptors (Lipinski definition) is 3. The first-order valence-corrected chi connectivity index (χ1v) is 10.00. The maximum absolute atomic E-state index is 13.2. The predicted octanol–water partition coefficient (Wildman–Crippen LogP) is 4.78.